The standard InChI is InChI=1S/C32H29N3.C31H27N3.C28H27N3.C25H23N3/c1-31(2,3)30-34-28(22-15-14-20-10-6-7-11-21(20)18-22)33-29(35-30)23-16-17-25-24-12-8-9-13-26(24)32(4,5)27(25)19-23;1-31(2,3)30-33-28(26-18-14-24(15-19-26)22-10-6-4-7-11-22)32-29(34-30)27-20-16-25(17-21-27)23-12-8-5-9-13-23;1-27(2,3)26-30-24(18-11-7-6-8-12-18)29-25(31-26)19-15-16-21-20-13-9-10-14-22(20)28(4,5)23(21)17-19;1-25(2,3)24-27-22(20-12-8-5-9-13-20)26-23(28-24)21-16-14-19(15-17-21)18-10-6-4-7-11-18/h6-19H,1-5H3;4-21H,1-3H3;6-17H,1-5H3;4-17H,1-3H3. The van der Waals surface area contributed by atoms with Crippen molar-refractivity contribution in [3.05, 3.63) is 397 Å². The van der Waals surface area contributed by atoms with Gasteiger partial charge in [-0.05, 0) is 107 Å². The predicted molar refractivity (Wildman–Crippen MR) is 527 cm³/mol. The predicted octanol–water partition coefficient (Wildman–Crippen LogP) is 28.8. The Bertz CT molecular complexity index is 6930. The number of hydrogen-bond donors (Lipinski definition) is 0. The van der Waals surface area contributed by atoms with E-state index in [2.05, 4.69) is 384 Å². The van der Waals surface area contributed by atoms with Crippen molar-refractivity contribution in [1.82, 2.24) is 59.8 Å². The summed E-state index contributed by atoms with van der Waals surface area (Å²) in [6, 6.07) is 122. The number of aromatic nitrogens is 12. The van der Waals surface area contributed by atoms with Gasteiger partial charge in [0.05, 0.1) is 0 Å². The first-order valence-electron chi connectivity index (χ1n) is 44.1. The Morgan fingerprint density at radius 3 is 0.641 bits per heavy atom. The SMILES string of the molecule is CC(C)(C)c1nc(-c2ccc(-c3ccccc3)cc2)nc(-c2ccc(-c3ccccc3)cc2)n1.CC(C)(C)c1nc(-c2ccc3c(c2)C(C)(C)c2ccccc2-3)nc(-c2ccc3ccccc3c2)n1.CC(C)(C)c1nc(-c2ccccc2)nc(-c2ccc(-c3ccccc3)cc2)n1.CC(C)(C)c1nc(-c2ccccc2)nc(-c2ccc3c(c2)C(C)(C)c2ccccc2-3)n1. The third kappa shape index (κ3) is 18.4. The molecular formula is C116H106N12. The third-order valence-corrected chi connectivity index (χ3v) is 23.7. The zero-order chi connectivity index (χ0) is 89.3. The van der Waals surface area contributed by atoms with E-state index >= 15 is 0 Å². The lowest BCUT2D eigenvalue weighted by Gasteiger charge is -2.22. The van der Waals surface area contributed by atoms with E-state index in [-0.39, 0.29) is 32.5 Å². The maximum absolute atomic E-state index is 4.99. The van der Waals surface area contributed by atoms with Crippen molar-refractivity contribution in [3.63, 3.8) is 0 Å². The van der Waals surface area contributed by atoms with E-state index < -0.39 is 0 Å². The molecule has 14 aromatic carbocycles. The summed E-state index contributed by atoms with van der Waals surface area (Å²) < 4.78 is 0. The minimum Gasteiger partial charge on any atom is -0.212 e. The van der Waals surface area contributed by atoms with E-state index in [9.17, 15) is 0 Å². The second kappa shape index (κ2) is 35.1. The van der Waals surface area contributed by atoms with Crippen molar-refractivity contribution < 1.29 is 0 Å². The van der Waals surface area contributed by atoms with E-state index in [0.29, 0.717) is 29.1 Å². The minimum absolute atomic E-state index is 0.0515. The van der Waals surface area contributed by atoms with Crippen molar-refractivity contribution in [2.45, 2.75) is 143 Å². The van der Waals surface area contributed by atoms with Gasteiger partial charge in [0.15, 0.2) is 46.6 Å². The van der Waals surface area contributed by atoms with Gasteiger partial charge in [-0.15, -0.1) is 0 Å². The molecule has 20 rings (SSSR count). The zero-order valence-electron chi connectivity index (χ0n) is 75.9. The quantitative estimate of drug-likeness (QED) is 0.121. The molecule has 0 bridgehead atoms. The lowest BCUT2D eigenvalue weighted by atomic mass is 9.82. The summed E-state index contributed by atoms with van der Waals surface area (Å²) in [6.45, 7) is 34.8. The van der Waals surface area contributed by atoms with Crippen LogP contribution < -0.4 is 0 Å². The van der Waals surface area contributed by atoms with E-state index in [1.54, 1.807) is 0 Å². The van der Waals surface area contributed by atoms with Crippen molar-refractivity contribution in [1.29, 1.82) is 0 Å². The Labute approximate surface area is 753 Å². The molecular weight excluding hydrogens is 1560 g/mol. The lowest BCUT2D eigenvalue weighted by Crippen LogP contribution is -2.18. The maximum atomic E-state index is 4.99. The van der Waals surface area contributed by atoms with Gasteiger partial charge in [0, 0.05) is 77.0 Å². The summed E-state index contributed by atoms with van der Waals surface area (Å²) in [5, 5.41) is 2.39. The van der Waals surface area contributed by atoms with Gasteiger partial charge in [-0.3, -0.25) is 0 Å². The van der Waals surface area contributed by atoms with Crippen LogP contribution in [0.15, 0.2) is 352 Å². The van der Waals surface area contributed by atoms with Crippen molar-refractivity contribution in [2.24, 2.45) is 0 Å². The molecule has 2 aliphatic rings. The molecule has 0 spiro atoms. The molecule has 630 valence electrons. The summed E-state index contributed by atoms with van der Waals surface area (Å²) in [5.41, 5.74) is 24.9. The zero-order valence-corrected chi connectivity index (χ0v) is 75.9. The molecule has 0 unspecified atom stereocenters. The highest BCUT2D eigenvalue weighted by atomic mass is 15.1. The summed E-state index contributed by atoms with van der Waals surface area (Å²) >= 11 is 0. The largest absolute Gasteiger partial charge is 0.212 e. The van der Waals surface area contributed by atoms with Crippen molar-refractivity contribution in [3.8, 4) is 147 Å². The monoisotopic (exact) mass is 1670 g/mol. The fourth-order valence-electron chi connectivity index (χ4n) is 16.4. The molecule has 2 aliphatic carbocycles. The molecule has 18 aromatic rings. The van der Waals surface area contributed by atoms with Gasteiger partial charge >= 0.3 is 0 Å². The van der Waals surface area contributed by atoms with Crippen LogP contribution in [0.4, 0.5) is 0 Å². The molecule has 12 nitrogen and oxygen atoms in total. The Kier molecular flexibility index (Phi) is 23.4. The molecule has 0 saturated carbocycles. The summed E-state index contributed by atoms with van der Waals surface area (Å²) in [5.74, 6) is 8.89. The fraction of sp³-hybridized carbons (Fsp3) is 0.190. The van der Waals surface area contributed by atoms with Crippen molar-refractivity contribution in [2.75, 3.05) is 0 Å². The molecule has 0 amide bonds. The summed E-state index contributed by atoms with van der Waals surface area (Å²) in [4.78, 5) is 58.3. The van der Waals surface area contributed by atoms with E-state index in [0.717, 1.165) is 85.3 Å². The Balaban J connectivity index is 0.000000120. The maximum Gasteiger partial charge on any atom is 0.163 e. The number of fused-ring (bicyclic) bond motifs is 7. The van der Waals surface area contributed by atoms with Crippen LogP contribution >= 0.6 is 0 Å². The van der Waals surface area contributed by atoms with Crippen molar-refractivity contribution >= 4 is 10.8 Å². The van der Waals surface area contributed by atoms with E-state index in [1.165, 1.54) is 88.7 Å². The average Bonchev–Trinajstić information content (AvgIpc) is 1.58. The lowest BCUT2D eigenvalue weighted by molar-refractivity contribution is 0.543. The second-order valence-electron chi connectivity index (χ2n) is 38.2. The topological polar surface area (TPSA) is 155 Å². The number of nitrogens with zero attached hydrogens (tertiary/aromatic N) is 12. The van der Waals surface area contributed by atoms with Gasteiger partial charge in [-0.1, -0.05) is 444 Å². The van der Waals surface area contributed by atoms with Crippen LogP contribution in [0.1, 0.15) is 156 Å². The van der Waals surface area contributed by atoms with Crippen LogP contribution in [0.2, 0.25) is 0 Å². The highest BCUT2D eigenvalue weighted by Gasteiger charge is 2.38. The van der Waals surface area contributed by atoms with Crippen LogP contribution in [-0.4, -0.2) is 59.8 Å². The van der Waals surface area contributed by atoms with Crippen LogP contribution in [-0.2, 0) is 32.5 Å². The van der Waals surface area contributed by atoms with Gasteiger partial charge in [0.1, 0.15) is 23.3 Å². The molecule has 0 radical (unpaired) electrons. The molecule has 0 atom stereocenters. The van der Waals surface area contributed by atoms with Gasteiger partial charge in [0.25, 0.3) is 0 Å². The molecule has 0 aliphatic heterocycles. The molecule has 0 fully saturated rings. The average molecular weight is 1670 g/mol. The van der Waals surface area contributed by atoms with Crippen LogP contribution in [0, 0.1) is 0 Å². The summed E-state index contributed by atoms with van der Waals surface area (Å²) in [6.07, 6.45) is 0. The second-order valence-corrected chi connectivity index (χ2v) is 38.2. The highest BCUT2D eigenvalue weighted by molar-refractivity contribution is 5.88. The highest BCUT2D eigenvalue weighted by Crippen LogP contribution is 2.51. The molecule has 0 saturated heterocycles. The molecule has 4 heterocycles. The normalized spacial score (nSPS) is 12.8. The molecule has 0 N–H and O–H groups in total. The van der Waals surface area contributed by atoms with Crippen LogP contribution in [0.5, 0.6) is 0 Å². The first-order chi connectivity index (χ1) is 61.4. The van der Waals surface area contributed by atoms with Crippen LogP contribution in [0.3, 0.4) is 0 Å². The third-order valence-electron chi connectivity index (χ3n) is 23.7. The van der Waals surface area contributed by atoms with E-state index in [1.807, 2.05) is 78.9 Å². The van der Waals surface area contributed by atoms with Crippen LogP contribution in [0.25, 0.3) is 158 Å². The fourth-order valence-corrected chi connectivity index (χ4v) is 16.4. The first-order valence-corrected chi connectivity index (χ1v) is 44.1. The van der Waals surface area contributed by atoms with Gasteiger partial charge in [-0.25, -0.2) is 59.8 Å². The van der Waals surface area contributed by atoms with Gasteiger partial charge in [-0.2, -0.15) is 0 Å². The Morgan fingerprint density at radius 2 is 0.352 bits per heavy atom. The van der Waals surface area contributed by atoms with Gasteiger partial charge in [0.2, 0.25) is 0 Å². The molecule has 4 aromatic heterocycles. The molecule has 128 heavy (non-hydrogen) atoms. The number of rotatable bonds is 11. The molecule has 12 heteroatoms. The first kappa shape index (κ1) is 85.5. The summed E-state index contributed by atoms with van der Waals surface area (Å²) in [7, 11) is 0. The van der Waals surface area contributed by atoms with Gasteiger partial charge < -0.3 is 0 Å². The number of hydrogen-bond acceptors (Lipinski definition) is 12. The smallest absolute Gasteiger partial charge is 0.163 e. The number of benzene rings is 14. The minimum atomic E-state index is -0.199. The Morgan fingerprint density at radius 1 is 0.156 bits per heavy atom. The van der Waals surface area contributed by atoms with E-state index in [4.69, 9.17) is 59.8 Å². The Hall–Kier alpha value is -14.6.